The van der Waals surface area contributed by atoms with Crippen molar-refractivity contribution < 1.29 is 19.2 Å². The molecule has 8 nitrogen and oxygen atoms in total. The molecule has 0 aliphatic rings. The first-order chi connectivity index (χ1) is 21.3. The predicted octanol–water partition coefficient (Wildman–Crippen LogP) is 7.31. The molecule has 0 unspecified atom stereocenters. The van der Waals surface area contributed by atoms with Crippen molar-refractivity contribution in [2.75, 3.05) is 21.3 Å². The Morgan fingerprint density at radius 1 is 0.364 bits per heavy atom. The minimum absolute atomic E-state index is 0.205. The summed E-state index contributed by atoms with van der Waals surface area (Å²) in [6.07, 6.45) is 0. The summed E-state index contributed by atoms with van der Waals surface area (Å²) in [6, 6.07) is 34.6. The Balaban J connectivity index is 1.13. The maximum Gasteiger partial charge on any atom is 0.255 e. The number of rotatable bonds is 8. The van der Waals surface area contributed by atoms with Gasteiger partial charge in [0.25, 0.3) is 23.6 Å². The van der Waals surface area contributed by atoms with Gasteiger partial charge in [-0.3, -0.25) is 19.2 Å². The van der Waals surface area contributed by atoms with Crippen molar-refractivity contribution in [2.45, 2.75) is 13.8 Å². The van der Waals surface area contributed by atoms with Crippen LogP contribution < -0.4 is 21.3 Å². The van der Waals surface area contributed by atoms with Gasteiger partial charge in [0.1, 0.15) is 0 Å². The fraction of sp³-hybridized carbons (Fsp3) is 0.0556. The van der Waals surface area contributed by atoms with E-state index in [9.17, 15) is 19.2 Å². The molecule has 0 radical (unpaired) electrons. The van der Waals surface area contributed by atoms with Crippen molar-refractivity contribution in [3.05, 3.63) is 155 Å². The van der Waals surface area contributed by atoms with Crippen LogP contribution in [0.2, 0.25) is 0 Å². The largest absolute Gasteiger partial charge is 0.322 e. The van der Waals surface area contributed by atoms with Crippen molar-refractivity contribution >= 4 is 46.4 Å². The van der Waals surface area contributed by atoms with E-state index in [2.05, 4.69) is 21.3 Å². The lowest BCUT2D eigenvalue weighted by atomic mass is 10.1. The Labute approximate surface area is 255 Å². The zero-order valence-electron chi connectivity index (χ0n) is 24.2. The molecule has 44 heavy (non-hydrogen) atoms. The topological polar surface area (TPSA) is 116 Å². The Kier molecular flexibility index (Phi) is 8.91. The summed E-state index contributed by atoms with van der Waals surface area (Å²) in [5.41, 5.74) is 6.05. The normalized spacial score (nSPS) is 10.4. The number of carbonyl (C=O) groups excluding carboxylic acids is 4. The Hall–Kier alpha value is -6.02. The second-order valence-electron chi connectivity index (χ2n) is 10.2. The van der Waals surface area contributed by atoms with Crippen LogP contribution in [0.3, 0.4) is 0 Å². The van der Waals surface area contributed by atoms with E-state index in [-0.39, 0.29) is 23.6 Å². The zero-order valence-corrected chi connectivity index (χ0v) is 24.2. The molecule has 0 fully saturated rings. The SMILES string of the molecule is Cc1ccccc1C(=O)Nc1ccc(NC(=O)c2ccc(C(=O)Nc3ccc(NC(=O)c4ccccc4C)cc3)cc2)cc1. The molecule has 5 rings (SSSR count). The van der Waals surface area contributed by atoms with E-state index in [1.54, 1.807) is 84.9 Å². The molecule has 4 N–H and O–H groups in total. The van der Waals surface area contributed by atoms with Gasteiger partial charge in [-0.15, -0.1) is 0 Å². The molecule has 0 atom stereocenters. The maximum absolute atomic E-state index is 12.8. The van der Waals surface area contributed by atoms with Gasteiger partial charge in [0.05, 0.1) is 0 Å². The van der Waals surface area contributed by atoms with E-state index < -0.39 is 0 Å². The molecule has 0 spiro atoms. The van der Waals surface area contributed by atoms with E-state index >= 15 is 0 Å². The Morgan fingerprint density at radius 2 is 0.636 bits per heavy atom. The molecule has 0 bridgehead atoms. The average Bonchev–Trinajstić information content (AvgIpc) is 3.03. The van der Waals surface area contributed by atoms with Gasteiger partial charge in [0, 0.05) is 45.0 Å². The molecule has 4 amide bonds. The van der Waals surface area contributed by atoms with Crippen LogP contribution in [0.1, 0.15) is 52.6 Å². The quantitative estimate of drug-likeness (QED) is 0.153. The van der Waals surface area contributed by atoms with Gasteiger partial charge in [-0.1, -0.05) is 36.4 Å². The van der Waals surface area contributed by atoms with Gasteiger partial charge in [-0.25, -0.2) is 0 Å². The van der Waals surface area contributed by atoms with Crippen molar-refractivity contribution in [1.29, 1.82) is 0 Å². The number of hydrogen-bond donors (Lipinski definition) is 4. The van der Waals surface area contributed by atoms with E-state index in [1.165, 1.54) is 0 Å². The first-order valence-electron chi connectivity index (χ1n) is 13.9. The smallest absolute Gasteiger partial charge is 0.255 e. The zero-order chi connectivity index (χ0) is 31.1. The number of nitrogens with one attached hydrogen (secondary N) is 4. The van der Waals surface area contributed by atoms with Crippen LogP contribution in [0, 0.1) is 13.8 Å². The van der Waals surface area contributed by atoms with Crippen LogP contribution in [0.15, 0.2) is 121 Å². The summed E-state index contributed by atoms with van der Waals surface area (Å²) in [5, 5.41) is 11.4. The minimum Gasteiger partial charge on any atom is -0.322 e. The van der Waals surface area contributed by atoms with E-state index in [1.807, 2.05) is 50.2 Å². The Bertz CT molecular complexity index is 1690. The van der Waals surface area contributed by atoms with Gasteiger partial charge in [0.15, 0.2) is 0 Å². The van der Waals surface area contributed by atoms with Gasteiger partial charge in [-0.05, 0) is 110 Å². The standard InChI is InChI=1S/C36H30N4O4/c1-23-7-3-5-9-31(23)35(43)39-29-19-15-27(16-20-29)37-33(41)25-11-13-26(14-12-25)34(42)38-28-17-21-30(22-18-28)40-36(44)32-10-6-4-8-24(32)2/h3-22H,1-2H3,(H,37,41)(H,38,42)(H,39,43)(H,40,44). The van der Waals surface area contributed by atoms with Crippen molar-refractivity contribution in [3.8, 4) is 0 Å². The van der Waals surface area contributed by atoms with Crippen LogP contribution in [0.4, 0.5) is 22.7 Å². The molecular formula is C36H30N4O4. The first kappa shape index (κ1) is 29.5. The monoisotopic (exact) mass is 582 g/mol. The number of hydrogen-bond acceptors (Lipinski definition) is 4. The number of benzene rings is 5. The average molecular weight is 583 g/mol. The summed E-state index contributed by atoms with van der Waals surface area (Å²) in [5.74, 6) is -1.08. The highest BCUT2D eigenvalue weighted by Crippen LogP contribution is 2.19. The maximum atomic E-state index is 12.8. The summed E-state index contributed by atoms with van der Waals surface area (Å²) in [4.78, 5) is 50.6. The number of aryl methyl sites for hydroxylation is 2. The summed E-state index contributed by atoms with van der Waals surface area (Å²) in [6.45, 7) is 3.75. The van der Waals surface area contributed by atoms with Gasteiger partial charge in [-0.2, -0.15) is 0 Å². The molecule has 0 aromatic heterocycles. The third-order valence-electron chi connectivity index (χ3n) is 6.99. The number of carbonyl (C=O) groups is 4. The molecule has 0 heterocycles. The van der Waals surface area contributed by atoms with Crippen LogP contribution >= 0.6 is 0 Å². The van der Waals surface area contributed by atoms with Crippen LogP contribution in [0.5, 0.6) is 0 Å². The highest BCUT2D eigenvalue weighted by atomic mass is 16.2. The molecule has 5 aromatic carbocycles. The lowest BCUT2D eigenvalue weighted by molar-refractivity contribution is 0.101. The molecule has 218 valence electrons. The third-order valence-corrected chi connectivity index (χ3v) is 6.99. The number of amides is 4. The fourth-order valence-electron chi connectivity index (χ4n) is 4.51. The van der Waals surface area contributed by atoms with Crippen LogP contribution in [0.25, 0.3) is 0 Å². The van der Waals surface area contributed by atoms with Crippen molar-refractivity contribution in [3.63, 3.8) is 0 Å². The van der Waals surface area contributed by atoms with Crippen molar-refractivity contribution in [2.24, 2.45) is 0 Å². The highest BCUT2D eigenvalue weighted by molar-refractivity contribution is 6.08. The van der Waals surface area contributed by atoms with E-state index in [0.29, 0.717) is 45.0 Å². The summed E-state index contributed by atoms with van der Waals surface area (Å²) < 4.78 is 0. The van der Waals surface area contributed by atoms with E-state index in [0.717, 1.165) is 11.1 Å². The first-order valence-corrected chi connectivity index (χ1v) is 13.9. The molecule has 0 aliphatic carbocycles. The highest BCUT2D eigenvalue weighted by Gasteiger charge is 2.12. The molecular weight excluding hydrogens is 552 g/mol. The predicted molar refractivity (Wildman–Crippen MR) is 173 cm³/mol. The molecule has 8 heteroatoms. The molecule has 0 aliphatic heterocycles. The summed E-state index contributed by atoms with van der Waals surface area (Å²) in [7, 11) is 0. The van der Waals surface area contributed by atoms with E-state index in [4.69, 9.17) is 0 Å². The van der Waals surface area contributed by atoms with Crippen molar-refractivity contribution in [1.82, 2.24) is 0 Å². The number of anilines is 4. The molecule has 0 saturated carbocycles. The second kappa shape index (κ2) is 13.3. The second-order valence-corrected chi connectivity index (χ2v) is 10.2. The fourth-order valence-corrected chi connectivity index (χ4v) is 4.51. The van der Waals surface area contributed by atoms with Gasteiger partial charge in [0.2, 0.25) is 0 Å². The molecule has 0 saturated heterocycles. The Morgan fingerprint density at radius 3 is 0.932 bits per heavy atom. The minimum atomic E-state index is -0.336. The van der Waals surface area contributed by atoms with Gasteiger partial charge >= 0.3 is 0 Å². The lowest BCUT2D eigenvalue weighted by Gasteiger charge is -2.10. The third kappa shape index (κ3) is 7.24. The van der Waals surface area contributed by atoms with Gasteiger partial charge < -0.3 is 21.3 Å². The molecule has 5 aromatic rings. The lowest BCUT2D eigenvalue weighted by Crippen LogP contribution is -2.15. The van der Waals surface area contributed by atoms with Crippen LogP contribution in [-0.2, 0) is 0 Å². The summed E-state index contributed by atoms with van der Waals surface area (Å²) >= 11 is 0. The van der Waals surface area contributed by atoms with Crippen LogP contribution in [-0.4, -0.2) is 23.6 Å².